The molecule has 1 amide bonds. The zero-order chi connectivity index (χ0) is 15.5. The van der Waals surface area contributed by atoms with Crippen LogP contribution in [0.3, 0.4) is 0 Å². The highest BCUT2D eigenvalue weighted by Crippen LogP contribution is 2.18. The minimum Gasteiger partial charge on any atom is -0.475 e. The number of Topliss-reactive ketones (excluding diaryl/α,β-unsaturated/α-hetero) is 1. The smallest absolute Gasteiger partial charge is 0.412 e. The quantitative estimate of drug-likeness (QED) is 0.656. The molecule has 6 nitrogen and oxygen atoms in total. The molecule has 1 aromatic carbocycles. The van der Waals surface area contributed by atoms with E-state index < -0.39 is 29.3 Å². The largest absolute Gasteiger partial charge is 0.475 e. The molecule has 0 aliphatic rings. The van der Waals surface area contributed by atoms with Gasteiger partial charge in [-0.15, -0.1) is 0 Å². The summed E-state index contributed by atoms with van der Waals surface area (Å²) in [5, 5.41) is 10.7. The van der Waals surface area contributed by atoms with Crippen molar-refractivity contribution in [3.63, 3.8) is 0 Å². The Kier molecular flexibility index (Phi) is 4.44. The average Bonchev–Trinajstić information content (AvgIpc) is 2.28. The highest BCUT2D eigenvalue weighted by atomic mass is 19.1. The fourth-order valence-corrected chi connectivity index (χ4v) is 1.30. The number of anilines is 1. The van der Waals surface area contributed by atoms with E-state index in [1.54, 1.807) is 20.8 Å². The maximum Gasteiger partial charge on any atom is 0.412 e. The van der Waals surface area contributed by atoms with Crippen LogP contribution in [-0.2, 0) is 9.53 Å². The molecule has 0 aliphatic heterocycles. The molecule has 0 aromatic heterocycles. The number of carboxylic acid groups (broad SMARTS) is 1. The van der Waals surface area contributed by atoms with E-state index in [0.717, 1.165) is 18.2 Å². The molecule has 20 heavy (non-hydrogen) atoms. The van der Waals surface area contributed by atoms with E-state index >= 15 is 0 Å². The molecule has 0 aliphatic carbocycles. The number of ether oxygens (including phenoxy) is 1. The van der Waals surface area contributed by atoms with Gasteiger partial charge < -0.3 is 9.84 Å². The number of hydrogen-bond acceptors (Lipinski definition) is 4. The minimum atomic E-state index is -1.67. The molecule has 0 heterocycles. The number of carboxylic acids is 1. The number of halogens is 1. The first-order chi connectivity index (χ1) is 9.10. The standard InChI is InChI=1S/C13H14FNO5/c1-13(2,3)20-12(19)15-9-6-7(4-5-8(9)14)10(16)11(17)18/h4-6H,1-3H3,(H,15,19)(H,17,18). The Morgan fingerprint density at radius 3 is 2.35 bits per heavy atom. The zero-order valence-corrected chi connectivity index (χ0v) is 11.2. The van der Waals surface area contributed by atoms with E-state index in [1.807, 2.05) is 0 Å². The fourth-order valence-electron chi connectivity index (χ4n) is 1.30. The van der Waals surface area contributed by atoms with Crippen molar-refractivity contribution in [2.45, 2.75) is 26.4 Å². The molecule has 0 fully saturated rings. The van der Waals surface area contributed by atoms with Gasteiger partial charge in [0.2, 0.25) is 0 Å². The molecule has 7 heteroatoms. The van der Waals surface area contributed by atoms with Crippen molar-refractivity contribution >= 4 is 23.5 Å². The van der Waals surface area contributed by atoms with Crippen LogP contribution in [-0.4, -0.2) is 28.6 Å². The van der Waals surface area contributed by atoms with Crippen LogP contribution in [0.1, 0.15) is 31.1 Å². The third-order valence-electron chi connectivity index (χ3n) is 2.06. The first kappa shape index (κ1) is 15.6. The summed E-state index contributed by atoms with van der Waals surface area (Å²) in [7, 11) is 0. The molecule has 0 saturated heterocycles. The number of rotatable bonds is 3. The molecule has 0 bridgehead atoms. The van der Waals surface area contributed by atoms with Gasteiger partial charge in [0.1, 0.15) is 11.4 Å². The molecule has 0 spiro atoms. The normalized spacial score (nSPS) is 10.8. The van der Waals surface area contributed by atoms with Gasteiger partial charge in [0.25, 0.3) is 5.78 Å². The summed E-state index contributed by atoms with van der Waals surface area (Å²) in [6.45, 7) is 4.90. The summed E-state index contributed by atoms with van der Waals surface area (Å²) in [6.07, 6.45) is -0.906. The summed E-state index contributed by atoms with van der Waals surface area (Å²) in [5.74, 6) is -3.67. The zero-order valence-electron chi connectivity index (χ0n) is 11.2. The first-order valence-corrected chi connectivity index (χ1v) is 5.67. The number of carbonyl (C=O) groups is 3. The van der Waals surface area contributed by atoms with Gasteiger partial charge in [0.15, 0.2) is 0 Å². The van der Waals surface area contributed by atoms with Gasteiger partial charge in [-0.25, -0.2) is 14.0 Å². The van der Waals surface area contributed by atoms with Crippen molar-refractivity contribution in [1.82, 2.24) is 0 Å². The average molecular weight is 283 g/mol. The van der Waals surface area contributed by atoms with Gasteiger partial charge in [0.05, 0.1) is 5.69 Å². The topological polar surface area (TPSA) is 92.7 Å². The molecule has 0 atom stereocenters. The van der Waals surface area contributed by atoms with E-state index in [1.165, 1.54) is 0 Å². The third kappa shape index (κ3) is 4.34. The maximum atomic E-state index is 13.5. The van der Waals surface area contributed by atoms with Crippen LogP contribution in [0.15, 0.2) is 18.2 Å². The van der Waals surface area contributed by atoms with Crippen LogP contribution in [0, 0.1) is 5.82 Å². The van der Waals surface area contributed by atoms with Crippen LogP contribution >= 0.6 is 0 Å². The molecule has 108 valence electrons. The maximum absolute atomic E-state index is 13.5. The monoisotopic (exact) mass is 283 g/mol. The molecule has 1 aromatic rings. The predicted octanol–water partition coefficient (Wildman–Crippen LogP) is 2.44. The fraction of sp³-hybridized carbons (Fsp3) is 0.308. The number of aliphatic carboxylic acids is 1. The molecular formula is C13H14FNO5. The van der Waals surface area contributed by atoms with Gasteiger partial charge in [-0.3, -0.25) is 10.1 Å². The number of carbonyl (C=O) groups excluding carboxylic acids is 2. The Morgan fingerprint density at radius 2 is 1.85 bits per heavy atom. The summed E-state index contributed by atoms with van der Waals surface area (Å²) >= 11 is 0. The summed E-state index contributed by atoms with van der Waals surface area (Å²) in [4.78, 5) is 33.3. The Bertz CT molecular complexity index is 562. The van der Waals surface area contributed by atoms with Gasteiger partial charge in [-0.2, -0.15) is 0 Å². The summed E-state index contributed by atoms with van der Waals surface area (Å²) < 4.78 is 18.4. The molecule has 2 N–H and O–H groups in total. The lowest BCUT2D eigenvalue weighted by Gasteiger charge is -2.19. The molecule has 0 unspecified atom stereocenters. The van der Waals surface area contributed by atoms with Crippen LogP contribution < -0.4 is 5.32 Å². The van der Waals surface area contributed by atoms with Gasteiger partial charge in [-0.05, 0) is 39.0 Å². The number of ketones is 1. The summed E-state index contributed by atoms with van der Waals surface area (Å²) in [5.41, 5.74) is -1.34. The van der Waals surface area contributed by atoms with Crippen molar-refractivity contribution < 1.29 is 28.6 Å². The van der Waals surface area contributed by atoms with Crippen molar-refractivity contribution in [1.29, 1.82) is 0 Å². The van der Waals surface area contributed by atoms with Gasteiger partial charge >= 0.3 is 12.1 Å². The number of benzene rings is 1. The van der Waals surface area contributed by atoms with Crippen LogP contribution in [0.5, 0.6) is 0 Å². The predicted molar refractivity (Wildman–Crippen MR) is 68.2 cm³/mol. The lowest BCUT2D eigenvalue weighted by molar-refractivity contribution is -0.131. The Morgan fingerprint density at radius 1 is 1.25 bits per heavy atom. The number of hydrogen-bond donors (Lipinski definition) is 2. The Labute approximate surface area is 114 Å². The van der Waals surface area contributed by atoms with Gasteiger partial charge in [-0.1, -0.05) is 0 Å². The molecule has 1 rings (SSSR count). The van der Waals surface area contributed by atoms with E-state index in [9.17, 15) is 18.8 Å². The highest BCUT2D eigenvalue weighted by Gasteiger charge is 2.20. The number of nitrogens with one attached hydrogen (secondary N) is 1. The molecule has 0 saturated carbocycles. The van der Waals surface area contributed by atoms with E-state index in [0.29, 0.717) is 0 Å². The van der Waals surface area contributed by atoms with Crippen LogP contribution in [0.4, 0.5) is 14.9 Å². The second-order valence-corrected chi connectivity index (χ2v) is 4.96. The van der Waals surface area contributed by atoms with E-state index in [-0.39, 0.29) is 11.3 Å². The van der Waals surface area contributed by atoms with Crippen LogP contribution in [0.2, 0.25) is 0 Å². The SMILES string of the molecule is CC(C)(C)OC(=O)Nc1cc(C(=O)C(=O)O)ccc1F. The third-order valence-corrected chi connectivity index (χ3v) is 2.06. The van der Waals surface area contributed by atoms with E-state index in [2.05, 4.69) is 5.32 Å². The van der Waals surface area contributed by atoms with Crippen molar-refractivity contribution in [2.75, 3.05) is 5.32 Å². The molecule has 0 radical (unpaired) electrons. The lowest BCUT2D eigenvalue weighted by atomic mass is 10.1. The van der Waals surface area contributed by atoms with Crippen molar-refractivity contribution in [3.05, 3.63) is 29.6 Å². The van der Waals surface area contributed by atoms with E-state index in [4.69, 9.17) is 9.84 Å². The minimum absolute atomic E-state index is 0.245. The molecular weight excluding hydrogens is 269 g/mol. The van der Waals surface area contributed by atoms with Crippen molar-refractivity contribution in [3.8, 4) is 0 Å². The highest BCUT2D eigenvalue weighted by molar-refractivity contribution is 6.40. The second kappa shape index (κ2) is 5.68. The van der Waals surface area contributed by atoms with Gasteiger partial charge in [0, 0.05) is 5.56 Å². The second-order valence-electron chi connectivity index (χ2n) is 4.96. The number of amides is 1. The van der Waals surface area contributed by atoms with Crippen molar-refractivity contribution in [2.24, 2.45) is 0 Å². The summed E-state index contributed by atoms with van der Waals surface area (Å²) in [6, 6.07) is 2.85. The lowest BCUT2D eigenvalue weighted by Crippen LogP contribution is -2.27. The Hall–Kier alpha value is -2.44. The first-order valence-electron chi connectivity index (χ1n) is 5.67. The van der Waals surface area contributed by atoms with Crippen LogP contribution in [0.25, 0.3) is 0 Å². The Balaban J connectivity index is 2.95.